The zero-order valence-corrected chi connectivity index (χ0v) is 16.4. The van der Waals surface area contributed by atoms with Crippen LogP contribution in [0.15, 0.2) is 12.2 Å². The Labute approximate surface area is 162 Å². The number of carbonyl (C=O) groups excluding carboxylic acids is 2. The van der Waals surface area contributed by atoms with E-state index in [1.165, 1.54) is 19.3 Å². The molecule has 152 valence electrons. The quantitative estimate of drug-likeness (QED) is 0.359. The molecular formula is C21H34N2O4. The number of amides is 2. The summed E-state index contributed by atoms with van der Waals surface area (Å²) in [4.78, 5) is 33.6. The van der Waals surface area contributed by atoms with Crippen LogP contribution in [0.2, 0.25) is 0 Å². The lowest BCUT2D eigenvalue weighted by molar-refractivity contribution is -0.137. The maximum absolute atomic E-state index is 11.8. The molecule has 2 aliphatic rings. The topological polar surface area (TPSA) is 95.5 Å². The molecule has 0 heterocycles. The van der Waals surface area contributed by atoms with Crippen LogP contribution in [0.3, 0.4) is 0 Å². The van der Waals surface area contributed by atoms with Crippen molar-refractivity contribution in [3.05, 3.63) is 12.2 Å². The maximum atomic E-state index is 11.8. The number of nitrogens with one attached hydrogen (secondary N) is 2. The second kappa shape index (κ2) is 11.1. The predicted molar refractivity (Wildman–Crippen MR) is 104 cm³/mol. The molecule has 2 amide bonds. The van der Waals surface area contributed by atoms with Crippen molar-refractivity contribution in [2.24, 2.45) is 23.7 Å². The third kappa shape index (κ3) is 7.00. The fourth-order valence-electron chi connectivity index (χ4n) is 4.83. The molecule has 0 unspecified atom stereocenters. The van der Waals surface area contributed by atoms with E-state index in [9.17, 15) is 14.4 Å². The van der Waals surface area contributed by atoms with Crippen LogP contribution in [0.25, 0.3) is 0 Å². The fraction of sp³-hybridized carbons (Fsp3) is 0.762. The lowest BCUT2D eigenvalue weighted by atomic mass is 9.76. The molecule has 0 spiro atoms. The van der Waals surface area contributed by atoms with Crippen LogP contribution in [0, 0.1) is 23.7 Å². The summed E-state index contributed by atoms with van der Waals surface area (Å²) in [6.45, 7) is 2.50. The van der Waals surface area contributed by atoms with E-state index in [4.69, 9.17) is 5.11 Å². The molecule has 2 fully saturated rings. The summed E-state index contributed by atoms with van der Waals surface area (Å²) in [5.41, 5.74) is 0. The van der Waals surface area contributed by atoms with Crippen molar-refractivity contribution in [2.45, 2.75) is 64.7 Å². The number of fused-ring (bicyclic) bond motifs is 2. The average molecular weight is 379 g/mol. The Morgan fingerprint density at radius 2 is 1.78 bits per heavy atom. The van der Waals surface area contributed by atoms with Gasteiger partial charge in [-0.3, -0.25) is 14.4 Å². The largest absolute Gasteiger partial charge is 0.481 e. The van der Waals surface area contributed by atoms with Crippen molar-refractivity contribution in [3.8, 4) is 0 Å². The first-order valence-electron chi connectivity index (χ1n) is 10.4. The number of carboxylic acid groups (broad SMARTS) is 1. The monoisotopic (exact) mass is 378 g/mol. The summed E-state index contributed by atoms with van der Waals surface area (Å²) in [6, 6.07) is 0. The Bertz CT molecular complexity index is 546. The molecule has 2 aliphatic carbocycles. The van der Waals surface area contributed by atoms with Crippen molar-refractivity contribution in [1.29, 1.82) is 0 Å². The Kier molecular flexibility index (Phi) is 8.82. The van der Waals surface area contributed by atoms with Crippen molar-refractivity contribution in [2.75, 3.05) is 13.1 Å². The molecule has 0 saturated heterocycles. The summed E-state index contributed by atoms with van der Waals surface area (Å²) in [5, 5.41) is 14.2. The molecule has 3 N–H and O–H groups in total. The number of rotatable bonds is 12. The zero-order valence-electron chi connectivity index (χ0n) is 16.4. The van der Waals surface area contributed by atoms with E-state index in [0.717, 1.165) is 31.1 Å². The van der Waals surface area contributed by atoms with Crippen LogP contribution >= 0.6 is 0 Å². The molecule has 0 aliphatic heterocycles. The Hall–Kier alpha value is -1.85. The standard InChI is InChI=1S/C21H34N2O4/c1-2-19(24)23-14-20(25)22-12-11-18-16-10-9-15(13-16)17(18)7-5-3-4-6-8-21(26)27/h3,5,15-18H,2,4,6-14H2,1H3,(H,22,25)(H,23,24)(H,26,27)/t15-,16+,17-,18+/m0/s1. The van der Waals surface area contributed by atoms with Gasteiger partial charge < -0.3 is 15.7 Å². The van der Waals surface area contributed by atoms with Gasteiger partial charge in [-0.05, 0) is 68.6 Å². The van der Waals surface area contributed by atoms with Gasteiger partial charge in [0.25, 0.3) is 0 Å². The summed E-state index contributed by atoms with van der Waals surface area (Å²) in [7, 11) is 0. The molecular weight excluding hydrogens is 344 g/mol. The first-order chi connectivity index (χ1) is 13.0. The van der Waals surface area contributed by atoms with Crippen LogP contribution in [-0.2, 0) is 14.4 Å². The van der Waals surface area contributed by atoms with Crippen LogP contribution in [-0.4, -0.2) is 36.0 Å². The number of aliphatic carboxylic acids is 1. The van der Waals surface area contributed by atoms with Gasteiger partial charge in [0, 0.05) is 19.4 Å². The minimum atomic E-state index is -0.729. The average Bonchev–Trinajstić information content (AvgIpc) is 3.24. The highest BCUT2D eigenvalue weighted by molar-refractivity contribution is 5.84. The van der Waals surface area contributed by atoms with Gasteiger partial charge >= 0.3 is 5.97 Å². The molecule has 27 heavy (non-hydrogen) atoms. The van der Waals surface area contributed by atoms with Crippen LogP contribution in [0.4, 0.5) is 0 Å². The summed E-state index contributed by atoms with van der Waals surface area (Å²) in [5.74, 6) is 2.01. The van der Waals surface area contributed by atoms with E-state index in [-0.39, 0.29) is 24.8 Å². The SMILES string of the molecule is CCC(=O)NCC(=O)NCC[C@@H]1[C@@H]2CC[C@@H](C2)[C@@H]1CC=CCCCC(=O)O. The van der Waals surface area contributed by atoms with E-state index < -0.39 is 5.97 Å². The third-order valence-corrected chi connectivity index (χ3v) is 6.18. The molecule has 0 radical (unpaired) electrons. The normalized spacial score (nSPS) is 26.4. The van der Waals surface area contributed by atoms with E-state index in [2.05, 4.69) is 22.8 Å². The number of carbonyl (C=O) groups is 3. The molecule has 0 aromatic rings. The highest BCUT2D eigenvalue weighted by atomic mass is 16.4. The Morgan fingerprint density at radius 3 is 2.48 bits per heavy atom. The Morgan fingerprint density at radius 1 is 1.04 bits per heavy atom. The van der Waals surface area contributed by atoms with Gasteiger partial charge in [0.2, 0.25) is 11.8 Å². The second-order valence-electron chi connectivity index (χ2n) is 7.92. The van der Waals surface area contributed by atoms with E-state index in [1.54, 1.807) is 6.92 Å². The van der Waals surface area contributed by atoms with E-state index >= 15 is 0 Å². The highest BCUT2D eigenvalue weighted by Gasteiger charge is 2.46. The van der Waals surface area contributed by atoms with Crippen molar-refractivity contribution in [1.82, 2.24) is 10.6 Å². The summed E-state index contributed by atoms with van der Waals surface area (Å²) < 4.78 is 0. The molecule has 2 saturated carbocycles. The number of allylic oxidation sites excluding steroid dienone is 2. The molecule has 2 rings (SSSR count). The second-order valence-corrected chi connectivity index (χ2v) is 7.92. The van der Waals surface area contributed by atoms with Crippen molar-refractivity contribution >= 4 is 17.8 Å². The van der Waals surface area contributed by atoms with Gasteiger partial charge in [0.05, 0.1) is 6.54 Å². The Balaban J connectivity index is 1.69. The van der Waals surface area contributed by atoms with Crippen LogP contribution in [0.5, 0.6) is 0 Å². The number of hydrogen-bond donors (Lipinski definition) is 3. The molecule has 0 aromatic heterocycles. The van der Waals surface area contributed by atoms with E-state index in [0.29, 0.717) is 31.2 Å². The highest BCUT2D eigenvalue weighted by Crippen LogP contribution is 2.54. The first kappa shape index (κ1) is 21.5. The fourth-order valence-corrected chi connectivity index (χ4v) is 4.83. The summed E-state index contributed by atoms with van der Waals surface area (Å²) >= 11 is 0. The van der Waals surface area contributed by atoms with Crippen molar-refractivity contribution in [3.63, 3.8) is 0 Å². The van der Waals surface area contributed by atoms with E-state index in [1.807, 2.05) is 0 Å². The molecule has 2 bridgehead atoms. The lowest BCUT2D eigenvalue weighted by Gasteiger charge is -2.30. The van der Waals surface area contributed by atoms with Gasteiger partial charge in [-0.2, -0.15) is 0 Å². The molecule has 0 aromatic carbocycles. The number of unbranched alkanes of at least 4 members (excludes halogenated alkanes) is 1. The predicted octanol–water partition coefficient (Wildman–Crippen LogP) is 2.88. The minimum absolute atomic E-state index is 0.0614. The molecule has 6 nitrogen and oxygen atoms in total. The zero-order chi connectivity index (χ0) is 19.6. The van der Waals surface area contributed by atoms with Crippen molar-refractivity contribution < 1.29 is 19.5 Å². The minimum Gasteiger partial charge on any atom is -0.481 e. The molecule has 6 heteroatoms. The maximum Gasteiger partial charge on any atom is 0.303 e. The summed E-state index contributed by atoms with van der Waals surface area (Å²) in [6.07, 6.45) is 12.6. The number of hydrogen-bond acceptors (Lipinski definition) is 3. The number of carboxylic acids is 1. The van der Waals surface area contributed by atoms with Gasteiger partial charge in [0.1, 0.15) is 0 Å². The molecule has 4 atom stereocenters. The first-order valence-corrected chi connectivity index (χ1v) is 10.4. The van der Waals surface area contributed by atoms with Crippen LogP contribution < -0.4 is 10.6 Å². The smallest absolute Gasteiger partial charge is 0.303 e. The van der Waals surface area contributed by atoms with Gasteiger partial charge in [-0.25, -0.2) is 0 Å². The van der Waals surface area contributed by atoms with Gasteiger partial charge in [-0.1, -0.05) is 19.1 Å². The van der Waals surface area contributed by atoms with Crippen LogP contribution in [0.1, 0.15) is 64.7 Å². The van der Waals surface area contributed by atoms with Gasteiger partial charge in [-0.15, -0.1) is 0 Å². The lowest BCUT2D eigenvalue weighted by Crippen LogP contribution is -2.38. The van der Waals surface area contributed by atoms with Gasteiger partial charge in [0.15, 0.2) is 0 Å². The third-order valence-electron chi connectivity index (χ3n) is 6.18.